The molecule has 3 rings (SSSR count). The molecule has 0 aliphatic carbocycles. The van der Waals surface area contributed by atoms with E-state index >= 15 is 0 Å². The summed E-state index contributed by atoms with van der Waals surface area (Å²) in [5.41, 5.74) is 6.13. The number of nitrogens with zero attached hydrogens (tertiary/aromatic N) is 2. The highest BCUT2D eigenvalue weighted by molar-refractivity contribution is 7.98. The number of nitrogens with two attached hydrogens (primary N) is 1. The third-order valence-corrected chi connectivity index (χ3v) is 5.23. The third-order valence-electron chi connectivity index (χ3n) is 4.26. The van der Waals surface area contributed by atoms with E-state index in [-0.39, 0.29) is 33.8 Å². The third kappa shape index (κ3) is 4.31. The van der Waals surface area contributed by atoms with Crippen LogP contribution in [0.3, 0.4) is 0 Å². The zero-order chi connectivity index (χ0) is 22.0. The number of hydrogen-bond donors (Lipinski definition) is 1. The van der Waals surface area contributed by atoms with Crippen LogP contribution < -0.4 is 16.0 Å². The van der Waals surface area contributed by atoms with Crippen LogP contribution in [-0.4, -0.2) is 21.7 Å². The molecule has 30 heavy (non-hydrogen) atoms. The lowest BCUT2D eigenvalue weighted by Crippen LogP contribution is -2.19. The van der Waals surface area contributed by atoms with E-state index in [9.17, 15) is 18.4 Å². The Labute approximate surface area is 179 Å². The van der Waals surface area contributed by atoms with Crippen molar-refractivity contribution >= 4 is 29.3 Å². The molecule has 2 aromatic carbocycles. The summed E-state index contributed by atoms with van der Waals surface area (Å²) in [7, 11) is 0. The van der Waals surface area contributed by atoms with Crippen molar-refractivity contribution in [2.24, 2.45) is 5.73 Å². The lowest BCUT2D eigenvalue weighted by atomic mass is 10.1. The van der Waals surface area contributed by atoms with Crippen LogP contribution in [0.1, 0.15) is 21.5 Å². The Morgan fingerprint density at radius 3 is 2.63 bits per heavy atom. The summed E-state index contributed by atoms with van der Waals surface area (Å²) in [5, 5.41) is -0.0807. The molecule has 0 atom stereocenters. The SMILES string of the molecule is CSc1nc(=O)c(Cl)c(OCc2ccc(F)cc2F)n1-c1cc(C(N)=O)ccc1C. The smallest absolute Gasteiger partial charge is 0.296 e. The molecule has 2 N–H and O–H groups in total. The minimum Gasteiger partial charge on any atom is -0.472 e. The predicted octanol–water partition coefficient (Wildman–Crippen LogP) is 3.87. The Hall–Kier alpha value is -2.91. The second-order valence-corrected chi connectivity index (χ2v) is 7.40. The normalized spacial score (nSPS) is 10.8. The Kier molecular flexibility index (Phi) is 6.42. The Balaban J connectivity index is 2.18. The number of amides is 1. The highest BCUT2D eigenvalue weighted by Gasteiger charge is 2.21. The van der Waals surface area contributed by atoms with Crippen LogP contribution in [0.4, 0.5) is 8.78 Å². The molecular weight excluding hydrogens is 436 g/mol. The van der Waals surface area contributed by atoms with Gasteiger partial charge in [0.05, 0.1) is 5.69 Å². The quantitative estimate of drug-likeness (QED) is 0.454. The fraction of sp³-hybridized carbons (Fsp3) is 0.150. The maximum Gasteiger partial charge on any atom is 0.296 e. The van der Waals surface area contributed by atoms with Crippen LogP contribution in [0.15, 0.2) is 46.3 Å². The Morgan fingerprint density at radius 1 is 1.27 bits per heavy atom. The van der Waals surface area contributed by atoms with Crippen LogP contribution in [0.2, 0.25) is 5.02 Å². The largest absolute Gasteiger partial charge is 0.472 e. The molecule has 1 amide bonds. The Bertz CT molecular complexity index is 1200. The van der Waals surface area contributed by atoms with Gasteiger partial charge in [0, 0.05) is 17.2 Å². The van der Waals surface area contributed by atoms with Gasteiger partial charge in [0.1, 0.15) is 18.2 Å². The molecule has 0 saturated carbocycles. The number of aryl methyl sites for hydroxylation is 1. The summed E-state index contributed by atoms with van der Waals surface area (Å²) in [6.45, 7) is 1.46. The van der Waals surface area contributed by atoms with E-state index in [0.717, 1.165) is 29.5 Å². The van der Waals surface area contributed by atoms with Crippen molar-refractivity contribution in [1.29, 1.82) is 0 Å². The van der Waals surface area contributed by atoms with Crippen LogP contribution in [0.5, 0.6) is 5.88 Å². The first-order chi connectivity index (χ1) is 14.2. The van der Waals surface area contributed by atoms with Gasteiger partial charge < -0.3 is 10.5 Å². The van der Waals surface area contributed by atoms with Crippen LogP contribution in [0.25, 0.3) is 5.69 Å². The lowest BCUT2D eigenvalue weighted by Gasteiger charge is -2.20. The van der Waals surface area contributed by atoms with Gasteiger partial charge in [-0.05, 0) is 43.0 Å². The molecule has 6 nitrogen and oxygen atoms in total. The second-order valence-electron chi connectivity index (χ2n) is 6.25. The molecule has 0 aliphatic rings. The van der Waals surface area contributed by atoms with E-state index < -0.39 is 23.1 Å². The topological polar surface area (TPSA) is 87.2 Å². The minimum absolute atomic E-state index is 0.0663. The second kappa shape index (κ2) is 8.85. The van der Waals surface area contributed by atoms with Gasteiger partial charge >= 0.3 is 0 Å². The first kappa shape index (κ1) is 21.8. The number of carbonyl (C=O) groups excluding carboxylic acids is 1. The number of thioether (sulfide) groups is 1. The van der Waals surface area contributed by atoms with E-state index in [4.69, 9.17) is 22.1 Å². The minimum atomic E-state index is -0.800. The summed E-state index contributed by atoms with van der Waals surface area (Å²) in [6, 6.07) is 7.81. The van der Waals surface area contributed by atoms with E-state index in [2.05, 4.69) is 4.98 Å². The van der Waals surface area contributed by atoms with Crippen molar-refractivity contribution in [3.05, 3.63) is 80.1 Å². The molecule has 0 saturated heterocycles. The predicted molar refractivity (Wildman–Crippen MR) is 111 cm³/mol. The van der Waals surface area contributed by atoms with Gasteiger partial charge in [0.15, 0.2) is 10.2 Å². The fourth-order valence-electron chi connectivity index (χ4n) is 2.73. The Morgan fingerprint density at radius 2 is 2.00 bits per heavy atom. The van der Waals surface area contributed by atoms with Crippen molar-refractivity contribution in [1.82, 2.24) is 9.55 Å². The molecule has 1 aromatic heterocycles. The zero-order valence-corrected chi connectivity index (χ0v) is 17.5. The molecule has 10 heteroatoms. The number of aromatic nitrogens is 2. The first-order valence-electron chi connectivity index (χ1n) is 8.57. The average molecular weight is 452 g/mol. The number of primary amides is 1. The van der Waals surface area contributed by atoms with Crippen molar-refractivity contribution < 1.29 is 18.3 Å². The molecule has 3 aromatic rings. The maximum atomic E-state index is 14.0. The summed E-state index contributed by atoms with van der Waals surface area (Å²) in [6.07, 6.45) is 1.70. The van der Waals surface area contributed by atoms with Gasteiger partial charge in [0.2, 0.25) is 11.8 Å². The first-order valence-corrected chi connectivity index (χ1v) is 10.2. The number of carbonyl (C=O) groups is 1. The van der Waals surface area contributed by atoms with Crippen molar-refractivity contribution in [3.8, 4) is 11.6 Å². The molecular formula is C20H16ClF2N3O3S. The van der Waals surface area contributed by atoms with Gasteiger partial charge in [-0.15, -0.1) is 0 Å². The molecule has 0 bridgehead atoms. The lowest BCUT2D eigenvalue weighted by molar-refractivity contribution is 0.1000. The highest BCUT2D eigenvalue weighted by Crippen LogP contribution is 2.32. The summed E-state index contributed by atoms with van der Waals surface area (Å²) in [4.78, 5) is 27.8. The monoisotopic (exact) mass is 451 g/mol. The number of benzene rings is 2. The van der Waals surface area contributed by atoms with Crippen LogP contribution >= 0.6 is 23.4 Å². The number of halogens is 3. The zero-order valence-electron chi connectivity index (χ0n) is 15.9. The molecule has 1 heterocycles. The number of ether oxygens (including phenoxy) is 1. The summed E-state index contributed by atoms with van der Waals surface area (Å²) < 4.78 is 34.3. The van der Waals surface area contributed by atoms with Gasteiger partial charge in [0.25, 0.3) is 5.56 Å². The molecule has 0 aliphatic heterocycles. The van der Waals surface area contributed by atoms with Crippen molar-refractivity contribution in [2.45, 2.75) is 18.7 Å². The van der Waals surface area contributed by atoms with E-state index in [1.807, 2.05) is 0 Å². The average Bonchev–Trinajstić information content (AvgIpc) is 2.70. The molecule has 0 fully saturated rings. The van der Waals surface area contributed by atoms with Crippen LogP contribution in [-0.2, 0) is 6.61 Å². The fourth-order valence-corrected chi connectivity index (χ4v) is 3.45. The molecule has 0 unspecified atom stereocenters. The van der Waals surface area contributed by atoms with Crippen molar-refractivity contribution in [3.63, 3.8) is 0 Å². The number of hydrogen-bond acceptors (Lipinski definition) is 5. The van der Waals surface area contributed by atoms with Gasteiger partial charge in [-0.3, -0.25) is 14.2 Å². The summed E-state index contributed by atoms with van der Waals surface area (Å²) >= 11 is 7.34. The molecule has 0 radical (unpaired) electrons. The van der Waals surface area contributed by atoms with E-state index in [1.165, 1.54) is 16.7 Å². The molecule has 156 valence electrons. The van der Waals surface area contributed by atoms with Gasteiger partial charge in [-0.25, -0.2) is 8.78 Å². The van der Waals surface area contributed by atoms with E-state index in [0.29, 0.717) is 5.69 Å². The standard InChI is InChI=1S/C20H16ClF2N3O3S/c1-10-3-4-11(17(24)27)7-15(10)26-19(16(21)18(28)25-20(26)30-2)29-9-12-5-6-13(22)8-14(12)23/h3-8H,9H2,1-2H3,(H2,24,27). The van der Waals surface area contributed by atoms with Crippen molar-refractivity contribution in [2.75, 3.05) is 6.26 Å². The number of rotatable bonds is 6. The van der Waals surface area contributed by atoms with E-state index in [1.54, 1.807) is 25.3 Å². The molecule has 0 spiro atoms. The summed E-state index contributed by atoms with van der Waals surface area (Å²) in [5.74, 6) is -2.25. The maximum absolute atomic E-state index is 14.0. The van der Waals surface area contributed by atoms with Gasteiger partial charge in [-0.1, -0.05) is 29.4 Å². The van der Waals surface area contributed by atoms with Crippen LogP contribution in [0, 0.1) is 18.6 Å². The highest BCUT2D eigenvalue weighted by atomic mass is 35.5. The van der Waals surface area contributed by atoms with Gasteiger partial charge in [-0.2, -0.15) is 4.98 Å².